The molecule has 2 N–H and O–H groups in total. The second-order valence-corrected chi connectivity index (χ2v) is 31.1. The van der Waals surface area contributed by atoms with Gasteiger partial charge in [0.25, 0.3) is 11.8 Å². The van der Waals surface area contributed by atoms with Crippen molar-refractivity contribution in [2.75, 3.05) is 77.6 Å². The number of rotatable bonds is 24. The van der Waals surface area contributed by atoms with Gasteiger partial charge in [0.1, 0.15) is 13.2 Å². The van der Waals surface area contributed by atoms with Gasteiger partial charge >= 0.3 is 12.2 Å². The molecule has 2 fully saturated rings. The van der Waals surface area contributed by atoms with E-state index in [1.165, 1.54) is 26.4 Å². The summed E-state index contributed by atoms with van der Waals surface area (Å²) in [7, 11) is -1.23. The highest BCUT2D eigenvalue weighted by atomic mass is 28.4. The maximum Gasteiger partial charge on any atom is 0.411 e. The first-order valence-electron chi connectivity index (χ1n) is 25.3. The van der Waals surface area contributed by atoms with Gasteiger partial charge in [-0.15, -0.1) is 0 Å². The third-order valence-corrected chi connectivity index (χ3v) is 23.4. The average molecular weight is 1050 g/mol. The summed E-state index contributed by atoms with van der Waals surface area (Å²) in [6.07, 6.45) is 8.78. The number of hydrogen-bond donors (Lipinski definition) is 2. The van der Waals surface area contributed by atoms with Gasteiger partial charge in [0.05, 0.1) is 75.2 Å². The molecule has 0 spiro atoms. The molecule has 0 aliphatic carbocycles. The Morgan fingerprint density at radius 3 is 1.30 bits per heavy atom. The second-order valence-electron chi connectivity index (χ2n) is 21.5. The molecule has 2 saturated heterocycles. The van der Waals surface area contributed by atoms with Crippen LogP contribution < -0.4 is 29.6 Å². The van der Waals surface area contributed by atoms with Crippen molar-refractivity contribution in [2.24, 2.45) is 0 Å². The van der Waals surface area contributed by atoms with Crippen LogP contribution >= 0.6 is 0 Å². The van der Waals surface area contributed by atoms with E-state index in [0.717, 1.165) is 11.1 Å². The molecule has 0 aromatic heterocycles. The summed E-state index contributed by atoms with van der Waals surface area (Å²) >= 11 is 0. The number of methoxy groups -OCH3 is 2. The molecule has 4 rings (SSSR count). The van der Waals surface area contributed by atoms with Crippen molar-refractivity contribution in [2.45, 2.75) is 136 Å². The lowest BCUT2D eigenvalue weighted by Gasteiger charge is -2.38. The summed E-state index contributed by atoms with van der Waals surface area (Å²) in [5.74, 6) is 0.737. The first kappa shape index (κ1) is 60.0. The zero-order valence-corrected chi connectivity index (χ0v) is 48.2. The maximum atomic E-state index is 14.5. The van der Waals surface area contributed by atoms with Gasteiger partial charge in [-0.05, 0) is 94.3 Å². The molecule has 16 nitrogen and oxygen atoms in total. The lowest BCUT2D eigenvalue weighted by atomic mass is 10.1. The molecule has 4 amide bonds. The summed E-state index contributed by atoms with van der Waals surface area (Å²) in [5, 5.41) is 5.50. The van der Waals surface area contributed by atoms with Crippen molar-refractivity contribution in [1.82, 2.24) is 9.80 Å². The van der Waals surface area contributed by atoms with Crippen LogP contribution in [0.15, 0.2) is 72.9 Å². The number of unbranched alkanes of at least 4 members (excludes halogenated alkanes) is 2. The Hall–Kier alpha value is -5.57. The Morgan fingerprint density at radius 1 is 0.616 bits per heavy atom. The van der Waals surface area contributed by atoms with Gasteiger partial charge < -0.3 is 47.1 Å². The molecule has 0 radical (unpaired) electrons. The molecule has 0 saturated carbocycles. The van der Waals surface area contributed by atoms with E-state index >= 15 is 0 Å². The molecule has 0 bridgehead atoms. The summed E-state index contributed by atoms with van der Waals surface area (Å²) in [4.78, 5) is 58.6. The Labute approximate surface area is 437 Å². The number of amides is 4. The zero-order valence-electron chi connectivity index (χ0n) is 46.2. The van der Waals surface area contributed by atoms with E-state index in [1.807, 2.05) is 26.0 Å². The third kappa shape index (κ3) is 16.2. The fourth-order valence-corrected chi connectivity index (χ4v) is 9.81. The summed E-state index contributed by atoms with van der Waals surface area (Å²) in [6, 6.07) is 5.96. The van der Waals surface area contributed by atoms with Crippen molar-refractivity contribution >= 4 is 52.0 Å². The van der Waals surface area contributed by atoms with E-state index in [1.54, 1.807) is 34.1 Å². The van der Waals surface area contributed by atoms with Gasteiger partial charge in [-0.1, -0.05) is 90.2 Å². The van der Waals surface area contributed by atoms with Crippen LogP contribution in [0.2, 0.25) is 36.3 Å². The molecule has 404 valence electrons. The van der Waals surface area contributed by atoms with Crippen LogP contribution in [0.4, 0.5) is 21.0 Å². The van der Waals surface area contributed by atoms with Crippen molar-refractivity contribution in [1.29, 1.82) is 0 Å². The number of hydrogen-bond acceptors (Lipinski definition) is 12. The third-order valence-electron chi connectivity index (χ3n) is 14.4. The fourth-order valence-electron chi connectivity index (χ4n) is 7.73. The van der Waals surface area contributed by atoms with Crippen LogP contribution in [0.5, 0.6) is 23.0 Å². The van der Waals surface area contributed by atoms with E-state index in [4.69, 9.17) is 37.3 Å². The first-order chi connectivity index (χ1) is 34.3. The minimum absolute atomic E-state index is 0.000638. The molecule has 2 atom stereocenters. The molecular weight excluding hydrogens is 965 g/mol. The zero-order chi connectivity index (χ0) is 54.3. The van der Waals surface area contributed by atoms with Crippen molar-refractivity contribution in [3.8, 4) is 23.0 Å². The number of carbonyl (C=O) groups is 4. The highest BCUT2D eigenvalue weighted by molar-refractivity contribution is 6.74. The van der Waals surface area contributed by atoms with Crippen LogP contribution in [0.25, 0.3) is 0 Å². The second kappa shape index (κ2) is 26.6. The van der Waals surface area contributed by atoms with E-state index in [0.29, 0.717) is 81.4 Å². The van der Waals surface area contributed by atoms with Crippen molar-refractivity contribution < 1.29 is 56.5 Å². The number of benzene rings is 2. The van der Waals surface area contributed by atoms with Crippen LogP contribution in [0.3, 0.4) is 0 Å². The number of nitrogens with zero attached hydrogens (tertiary/aromatic N) is 2. The number of allylic oxidation sites excluding steroid dienone is 2. The molecule has 2 aliphatic rings. The molecule has 2 aliphatic heterocycles. The molecule has 2 aromatic carbocycles. The Morgan fingerprint density at radius 2 is 0.986 bits per heavy atom. The normalized spacial score (nSPS) is 17.3. The number of carbonyl (C=O) groups excluding carboxylic acids is 4. The van der Waals surface area contributed by atoms with Crippen molar-refractivity contribution in [3.63, 3.8) is 0 Å². The van der Waals surface area contributed by atoms with E-state index in [9.17, 15) is 19.2 Å². The van der Waals surface area contributed by atoms with E-state index in [-0.39, 0.29) is 82.9 Å². The minimum atomic E-state index is -2.12. The average Bonchev–Trinajstić information content (AvgIpc) is 3.97. The molecule has 2 heterocycles. The van der Waals surface area contributed by atoms with Gasteiger partial charge in [0, 0.05) is 25.2 Å². The lowest BCUT2D eigenvalue weighted by Crippen LogP contribution is -2.46. The SMILES string of the molecule is C=CCOC(=O)Nc1cc(OCCCCCOc2cc(NC(=O)OCC=C)c(C(=O)N3CC(=CC)C[C@H]3CO[Si](C)(C)C(C)(C)C)cc2OC)c(OC)cc1C(=O)N1CC(=CC)C[C@H]1CO[Si](C)(C)C(C)(C)C. The molecule has 0 unspecified atom stereocenters. The number of nitrogens with one attached hydrogen (secondary N) is 2. The highest BCUT2D eigenvalue weighted by Crippen LogP contribution is 2.41. The van der Waals surface area contributed by atoms with Crippen molar-refractivity contribution in [3.05, 3.63) is 84.0 Å². The molecule has 73 heavy (non-hydrogen) atoms. The first-order valence-corrected chi connectivity index (χ1v) is 31.1. The van der Waals surface area contributed by atoms with E-state index < -0.39 is 28.8 Å². The predicted molar refractivity (Wildman–Crippen MR) is 294 cm³/mol. The summed E-state index contributed by atoms with van der Waals surface area (Å²) < 4.78 is 47.7. The Kier molecular flexibility index (Phi) is 21.8. The van der Waals surface area contributed by atoms with Gasteiger partial charge in [0.2, 0.25) is 0 Å². The van der Waals surface area contributed by atoms with Crippen LogP contribution in [-0.2, 0) is 18.3 Å². The summed E-state index contributed by atoms with van der Waals surface area (Å²) in [5.41, 5.74) is 3.12. The Balaban J connectivity index is 1.49. The number of ether oxygens (including phenoxy) is 6. The number of likely N-dealkylation sites (tertiary alicyclic amines) is 2. The summed E-state index contributed by atoms with van der Waals surface area (Å²) in [6.45, 7) is 35.3. The maximum absolute atomic E-state index is 14.5. The van der Waals surface area contributed by atoms with Crippen LogP contribution in [0, 0.1) is 0 Å². The predicted octanol–water partition coefficient (Wildman–Crippen LogP) is 12.2. The van der Waals surface area contributed by atoms with Crippen LogP contribution in [0.1, 0.15) is 108 Å². The largest absolute Gasteiger partial charge is 0.493 e. The van der Waals surface area contributed by atoms with E-state index in [2.05, 4.69) is 91.5 Å². The lowest BCUT2D eigenvalue weighted by molar-refractivity contribution is 0.0680. The highest BCUT2D eigenvalue weighted by Gasteiger charge is 2.42. The molecule has 2 aromatic rings. The van der Waals surface area contributed by atoms with Gasteiger partial charge in [-0.2, -0.15) is 0 Å². The van der Waals surface area contributed by atoms with Gasteiger partial charge in [-0.25, -0.2) is 9.59 Å². The smallest absolute Gasteiger partial charge is 0.411 e. The monoisotopic (exact) mass is 1050 g/mol. The fraction of sp³-hybridized carbons (Fsp3) is 0.564. The van der Waals surface area contributed by atoms with Gasteiger partial charge in [-0.3, -0.25) is 20.2 Å². The molecular formula is C55H84N4O12Si2. The van der Waals surface area contributed by atoms with Gasteiger partial charge in [0.15, 0.2) is 39.6 Å². The quantitative estimate of drug-likeness (QED) is 0.0580. The number of anilines is 2. The molecule has 18 heteroatoms. The Bertz CT molecular complexity index is 2170. The standard InChI is InChI=1S/C55H84N4O12Si2/c1-17-24-68-52(62)56-44-32-48(46(64-11)30-42(44)50(60)58-34-38(19-3)28-40(58)36-70-72(13,14)54(5,6)7)66-26-22-21-23-27-67-49-33-45(57-53(63)69-25-18-2)43(31-47(49)65-12)51(61)59-35-39(20-4)29-41(59)37-71-73(15,16)55(8,9)10/h17-20,30-33,40-41H,1-2,21-29,34-37H2,3-16H3,(H,56,62)(H,57,63)/t40-,41-/m0/s1. The van der Waals surface area contributed by atoms with Crippen LogP contribution in [-0.4, -0.2) is 129 Å². The minimum Gasteiger partial charge on any atom is -0.493 e. The topological polar surface area (TPSA) is 173 Å².